The van der Waals surface area contributed by atoms with E-state index < -0.39 is 0 Å². The van der Waals surface area contributed by atoms with Crippen molar-refractivity contribution in [2.45, 2.75) is 0 Å². The van der Waals surface area contributed by atoms with Crippen LogP contribution in [0, 0.1) is 0 Å². The van der Waals surface area contributed by atoms with Gasteiger partial charge in [-0.05, 0) is 18.2 Å². The van der Waals surface area contributed by atoms with Crippen LogP contribution in [-0.2, 0) is 0 Å². The predicted octanol–water partition coefficient (Wildman–Crippen LogP) is 2.62. The molecule has 0 saturated heterocycles. The standard InChI is InChI=1S/C10H9Cl2N3/c1-7(11)6-9(12)15-10(13)8-4-2-3-5-14-8/h2-6H,1H2,(H2,13,15)/b9-6-. The van der Waals surface area contributed by atoms with Crippen LogP contribution in [0.2, 0.25) is 0 Å². The Morgan fingerprint density at radius 1 is 1.47 bits per heavy atom. The first-order valence-electron chi connectivity index (χ1n) is 4.07. The van der Waals surface area contributed by atoms with E-state index in [0.29, 0.717) is 5.69 Å². The number of nitrogens with zero attached hydrogens (tertiary/aromatic N) is 2. The molecule has 1 rings (SSSR count). The average Bonchev–Trinajstić information content (AvgIpc) is 2.17. The second-order valence-corrected chi connectivity index (χ2v) is 3.50. The van der Waals surface area contributed by atoms with E-state index in [-0.39, 0.29) is 16.0 Å². The van der Waals surface area contributed by atoms with Crippen LogP contribution in [-0.4, -0.2) is 10.8 Å². The normalized spacial score (nSPS) is 12.7. The lowest BCUT2D eigenvalue weighted by Crippen LogP contribution is -2.14. The third-order valence-corrected chi connectivity index (χ3v) is 1.73. The fourth-order valence-electron chi connectivity index (χ4n) is 0.848. The van der Waals surface area contributed by atoms with E-state index in [2.05, 4.69) is 16.6 Å². The second-order valence-electron chi connectivity index (χ2n) is 2.63. The van der Waals surface area contributed by atoms with Gasteiger partial charge in [-0.3, -0.25) is 4.98 Å². The minimum atomic E-state index is 0.165. The van der Waals surface area contributed by atoms with E-state index in [1.54, 1.807) is 18.3 Å². The molecule has 0 bridgehead atoms. The third kappa shape index (κ3) is 4.14. The van der Waals surface area contributed by atoms with Crippen LogP contribution in [0.25, 0.3) is 0 Å². The van der Waals surface area contributed by atoms with E-state index in [1.807, 2.05) is 6.07 Å². The molecular weight excluding hydrogens is 233 g/mol. The summed E-state index contributed by atoms with van der Waals surface area (Å²) in [5.74, 6) is 0.231. The van der Waals surface area contributed by atoms with Gasteiger partial charge in [-0.15, -0.1) is 0 Å². The Balaban J connectivity index is 2.90. The molecule has 0 aliphatic carbocycles. The van der Waals surface area contributed by atoms with Gasteiger partial charge in [-0.1, -0.05) is 35.8 Å². The monoisotopic (exact) mass is 241 g/mol. The molecular formula is C10H9Cl2N3. The van der Waals surface area contributed by atoms with Crippen LogP contribution in [0.1, 0.15) is 5.69 Å². The van der Waals surface area contributed by atoms with E-state index in [0.717, 1.165) is 0 Å². The number of pyridine rings is 1. The summed E-state index contributed by atoms with van der Waals surface area (Å²) in [5, 5.41) is 0.454. The number of aliphatic imine (C=N–C) groups is 1. The summed E-state index contributed by atoms with van der Waals surface area (Å²) in [6.07, 6.45) is 3.02. The Kier molecular flexibility index (Phi) is 4.34. The molecule has 0 aliphatic rings. The SMILES string of the molecule is C=C(Cl)/C=C(/Cl)N=C(N)c1ccccn1. The molecule has 1 heterocycles. The number of rotatable bonds is 3. The van der Waals surface area contributed by atoms with Gasteiger partial charge in [0.2, 0.25) is 0 Å². The summed E-state index contributed by atoms with van der Waals surface area (Å²) >= 11 is 11.3. The summed E-state index contributed by atoms with van der Waals surface area (Å²) in [6, 6.07) is 5.33. The molecule has 0 radical (unpaired) electrons. The molecule has 0 aliphatic heterocycles. The van der Waals surface area contributed by atoms with Gasteiger partial charge < -0.3 is 5.73 Å². The maximum atomic E-state index is 5.74. The van der Waals surface area contributed by atoms with Crippen molar-refractivity contribution < 1.29 is 0 Å². The maximum Gasteiger partial charge on any atom is 0.151 e. The Hall–Kier alpha value is -1.32. The highest BCUT2D eigenvalue weighted by atomic mass is 35.5. The number of hydrogen-bond donors (Lipinski definition) is 1. The van der Waals surface area contributed by atoms with Gasteiger partial charge in [-0.25, -0.2) is 4.99 Å². The zero-order chi connectivity index (χ0) is 11.3. The molecule has 5 heteroatoms. The minimum Gasteiger partial charge on any atom is -0.382 e. The molecule has 1 aromatic heterocycles. The molecule has 0 fully saturated rings. The number of halogens is 2. The van der Waals surface area contributed by atoms with Gasteiger partial charge in [0.15, 0.2) is 5.84 Å². The zero-order valence-electron chi connectivity index (χ0n) is 7.82. The number of allylic oxidation sites excluding steroid dienone is 2. The minimum absolute atomic E-state index is 0.165. The van der Waals surface area contributed by atoms with Gasteiger partial charge in [0.25, 0.3) is 0 Å². The molecule has 2 N–H and O–H groups in total. The Labute approximate surface area is 97.9 Å². The number of amidine groups is 1. The maximum absolute atomic E-state index is 5.74. The Bertz CT molecular complexity index is 410. The van der Waals surface area contributed by atoms with Crippen LogP contribution in [0.5, 0.6) is 0 Å². The molecule has 78 valence electrons. The van der Waals surface area contributed by atoms with Gasteiger partial charge in [-0.2, -0.15) is 0 Å². The fraction of sp³-hybridized carbons (Fsp3) is 0. The first-order chi connectivity index (χ1) is 7.09. The van der Waals surface area contributed by atoms with E-state index in [1.165, 1.54) is 6.08 Å². The molecule has 0 aromatic carbocycles. The summed E-state index contributed by atoms with van der Waals surface area (Å²) in [4.78, 5) is 7.91. The Morgan fingerprint density at radius 2 is 2.20 bits per heavy atom. The van der Waals surface area contributed by atoms with E-state index >= 15 is 0 Å². The van der Waals surface area contributed by atoms with Crippen molar-refractivity contribution in [3.05, 3.63) is 52.9 Å². The quantitative estimate of drug-likeness (QED) is 0.383. The molecule has 1 aromatic rings. The van der Waals surface area contributed by atoms with Gasteiger partial charge >= 0.3 is 0 Å². The second kappa shape index (κ2) is 5.53. The summed E-state index contributed by atoms with van der Waals surface area (Å²) in [7, 11) is 0. The predicted molar refractivity (Wildman–Crippen MR) is 63.9 cm³/mol. The van der Waals surface area contributed by atoms with Crippen LogP contribution in [0.3, 0.4) is 0 Å². The molecule has 0 saturated carbocycles. The first kappa shape index (κ1) is 11.8. The van der Waals surface area contributed by atoms with Crippen LogP contribution >= 0.6 is 23.2 Å². The zero-order valence-corrected chi connectivity index (χ0v) is 9.33. The van der Waals surface area contributed by atoms with Gasteiger partial charge in [0, 0.05) is 11.2 Å². The highest BCUT2D eigenvalue weighted by Gasteiger charge is 1.99. The lowest BCUT2D eigenvalue weighted by molar-refractivity contribution is 1.26. The van der Waals surface area contributed by atoms with Crippen LogP contribution < -0.4 is 5.73 Å². The molecule has 15 heavy (non-hydrogen) atoms. The third-order valence-electron chi connectivity index (χ3n) is 1.43. The highest BCUT2D eigenvalue weighted by Crippen LogP contribution is 2.10. The summed E-state index contributed by atoms with van der Waals surface area (Å²) in [5.41, 5.74) is 6.22. The first-order valence-corrected chi connectivity index (χ1v) is 4.82. The van der Waals surface area contributed by atoms with Crippen molar-refractivity contribution in [3.63, 3.8) is 0 Å². The molecule has 0 amide bonds. The van der Waals surface area contributed by atoms with Crippen LogP contribution in [0.4, 0.5) is 0 Å². The van der Waals surface area contributed by atoms with E-state index in [9.17, 15) is 0 Å². The largest absolute Gasteiger partial charge is 0.382 e. The Morgan fingerprint density at radius 3 is 2.73 bits per heavy atom. The van der Waals surface area contributed by atoms with Crippen molar-refractivity contribution in [2.75, 3.05) is 0 Å². The van der Waals surface area contributed by atoms with Gasteiger partial charge in [0.05, 0.1) is 0 Å². The summed E-state index contributed by atoms with van der Waals surface area (Å²) < 4.78 is 0. The number of aromatic nitrogens is 1. The van der Waals surface area contributed by atoms with Gasteiger partial charge in [0.1, 0.15) is 10.9 Å². The van der Waals surface area contributed by atoms with Crippen molar-refractivity contribution in [2.24, 2.45) is 10.7 Å². The lowest BCUT2D eigenvalue weighted by Gasteiger charge is -1.98. The smallest absolute Gasteiger partial charge is 0.151 e. The van der Waals surface area contributed by atoms with Crippen molar-refractivity contribution in [1.29, 1.82) is 0 Å². The highest BCUT2D eigenvalue weighted by molar-refractivity contribution is 6.34. The molecule has 0 unspecified atom stereocenters. The molecule has 0 atom stereocenters. The lowest BCUT2D eigenvalue weighted by atomic mass is 10.3. The van der Waals surface area contributed by atoms with Crippen LogP contribution in [0.15, 0.2) is 52.2 Å². The number of hydrogen-bond acceptors (Lipinski definition) is 2. The van der Waals surface area contributed by atoms with Crippen molar-refractivity contribution in [3.8, 4) is 0 Å². The molecule has 3 nitrogen and oxygen atoms in total. The molecule has 0 spiro atoms. The number of nitrogens with two attached hydrogens (primary N) is 1. The topological polar surface area (TPSA) is 51.3 Å². The fourth-order valence-corrected chi connectivity index (χ4v) is 1.23. The average molecular weight is 242 g/mol. The van der Waals surface area contributed by atoms with Crippen molar-refractivity contribution >= 4 is 29.0 Å². The van der Waals surface area contributed by atoms with E-state index in [4.69, 9.17) is 28.9 Å². The van der Waals surface area contributed by atoms with Crippen molar-refractivity contribution in [1.82, 2.24) is 4.98 Å². The summed E-state index contributed by atoms with van der Waals surface area (Å²) in [6.45, 7) is 3.45.